The monoisotopic (exact) mass is 652 g/mol. The van der Waals surface area contributed by atoms with E-state index < -0.39 is 33.7 Å². The number of ether oxygens (including phenoxy) is 4. The van der Waals surface area contributed by atoms with Gasteiger partial charge in [-0.05, 0) is 59.4 Å². The molecule has 2 aliphatic heterocycles. The molecule has 11 nitrogen and oxygen atoms in total. The van der Waals surface area contributed by atoms with Gasteiger partial charge >= 0.3 is 5.97 Å². The zero-order valence-corrected chi connectivity index (χ0v) is 27.3. The molecule has 1 amide bonds. The van der Waals surface area contributed by atoms with Crippen molar-refractivity contribution < 1.29 is 42.1 Å². The predicted octanol–water partition coefficient (Wildman–Crippen LogP) is 4.45. The second-order valence-electron chi connectivity index (χ2n) is 11.6. The molecule has 5 rings (SSSR count). The summed E-state index contributed by atoms with van der Waals surface area (Å²) in [5, 5.41) is 13.8. The van der Waals surface area contributed by atoms with E-state index >= 15 is 0 Å². The number of rotatable bonds is 13. The Morgan fingerprint density at radius 1 is 1.02 bits per heavy atom. The van der Waals surface area contributed by atoms with Gasteiger partial charge in [0.05, 0.1) is 25.3 Å². The molecule has 3 aromatic carbocycles. The third-order valence-corrected chi connectivity index (χ3v) is 9.45. The fourth-order valence-corrected chi connectivity index (χ4v) is 6.72. The molecule has 0 radical (unpaired) electrons. The van der Waals surface area contributed by atoms with E-state index in [1.165, 1.54) is 7.11 Å². The molecule has 2 aliphatic rings. The Morgan fingerprint density at radius 3 is 2.33 bits per heavy atom. The normalized spacial score (nSPS) is 19.2. The zero-order chi connectivity index (χ0) is 33.0. The lowest BCUT2D eigenvalue weighted by atomic mass is 9.82. The van der Waals surface area contributed by atoms with Crippen LogP contribution in [0.25, 0.3) is 0 Å². The number of hydrogen-bond acceptors (Lipinski definition) is 9. The molecular formula is C34H40N2O9S. The van der Waals surface area contributed by atoms with Crippen molar-refractivity contribution in [2.75, 3.05) is 50.9 Å². The van der Waals surface area contributed by atoms with E-state index in [-0.39, 0.29) is 38.1 Å². The molecule has 2 N–H and O–H groups in total. The van der Waals surface area contributed by atoms with Crippen LogP contribution in [-0.4, -0.2) is 75.9 Å². The fourth-order valence-electron chi connectivity index (χ4n) is 6.33. The molecule has 1 unspecified atom stereocenters. The Balaban J connectivity index is 1.48. The van der Waals surface area contributed by atoms with Gasteiger partial charge in [0.15, 0.2) is 21.3 Å². The van der Waals surface area contributed by atoms with Gasteiger partial charge < -0.3 is 29.4 Å². The molecule has 3 atom stereocenters. The SMILES string of the molecule is CCc1cccc(CC)c1NC(=O)CN1C[C@H](c2cc(OC)c3c(c2)OCO3)C(C(=O)O)[C@@H]1c1ccc(OCCS(C)(=O)=O)cc1. The largest absolute Gasteiger partial charge is 0.493 e. The van der Waals surface area contributed by atoms with E-state index in [1.807, 2.05) is 36.9 Å². The molecule has 0 saturated carbocycles. The first-order valence-corrected chi connectivity index (χ1v) is 17.3. The third-order valence-electron chi connectivity index (χ3n) is 8.55. The highest BCUT2D eigenvalue weighted by Crippen LogP contribution is 2.50. The van der Waals surface area contributed by atoms with Crippen molar-refractivity contribution in [2.45, 2.75) is 38.6 Å². The van der Waals surface area contributed by atoms with Gasteiger partial charge in [0.25, 0.3) is 0 Å². The lowest BCUT2D eigenvalue weighted by Crippen LogP contribution is -2.35. The topological polar surface area (TPSA) is 141 Å². The number of hydrogen-bond donors (Lipinski definition) is 2. The molecule has 12 heteroatoms. The minimum Gasteiger partial charge on any atom is -0.493 e. The summed E-state index contributed by atoms with van der Waals surface area (Å²) in [4.78, 5) is 28.6. The predicted molar refractivity (Wildman–Crippen MR) is 173 cm³/mol. The van der Waals surface area contributed by atoms with Gasteiger partial charge in [-0.2, -0.15) is 0 Å². The molecule has 3 aromatic rings. The van der Waals surface area contributed by atoms with Crippen LogP contribution in [0.15, 0.2) is 54.6 Å². The van der Waals surface area contributed by atoms with E-state index in [0.29, 0.717) is 34.1 Å². The van der Waals surface area contributed by atoms with Crippen LogP contribution in [0.2, 0.25) is 0 Å². The summed E-state index contributed by atoms with van der Waals surface area (Å²) < 4.78 is 45.4. The first-order chi connectivity index (χ1) is 22.0. The van der Waals surface area contributed by atoms with Gasteiger partial charge in [0, 0.05) is 30.4 Å². The number of likely N-dealkylation sites (tertiary alicyclic amines) is 1. The highest BCUT2D eigenvalue weighted by Gasteiger charge is 2.48. The number of fused-ring (bicyclic) bond motifs is 1. The van der Waals surface area contributed by atoms with Gasteiger partial charge in [-0.3, -0.25) is 14.5 Å². The fraction of sp³-hybridized carbons (Fsp3) is 0.412. The standard InChI is InChI=1S/C34H40N2O9S/c1-5-21-8-7-9-22(6-2)31(21)35-29(37)19-36-18-26(24-16-27(42-3)33-28(17-24)44-20-45-33)30(34(38)39)32(36)23-10-12-25(13-11-23)43-14-15-46(4,40)41/h7-13,16-17,26,30,32H,5-6,14-15,18-20H2,1-4H3,(H,35,37)(H,38,39)/t26-,30?,32+/m1/s1. The molecule has 46 heavy (non-hydrogen) atoms. The van der Waals surface area contributed by atoms with Gasteiger partial charge in [0.2, 0.25) is 18.4 Å². The van der Waals surface area contributed by atoms with Crippen molar-refractivity contribution in [1.29, 1.82) is 0 Å². The van der Waals surface area contributed by atoms with Crippen molar-refractivity contribution in [3.8, 4) is 23.0 Å². The minimum atomic E-state index is -3.18. The quantitative estimate of drug-likeness (QED) is 0.272. The van der Waals surface area contributed by atoms with Gasteiger partial charge in [-0.1, -0.05) is 44.2 Å². The van der Waals surface area contributed by atoms with Gasteiger partial charge in [-0.15, -0.1) is 0 Å². The Morgan fingerprint density at radius 2 is 1.72 bits per heavy atom. The van der Waals surface area contributed by atoms with Crippen LogP contribution in [0.5, 0.6) is 23.0 Å². The number of sulfone groups is 1. The van der Waals surface area contributed by atoms with E-state index in [4.69, 9.17) is 18.9 Å². The zero-order valence-electron chi connectivity index (χ0n) is 26.4. The maximum absolute atomic E-state index is 13.7. The lowest BCUT2D eigenvalue weighted by molar-refractivity contribution is -0.143. The maximum atomic E-state index is 13.7. The van der Waals surface area contributed by atoms with Crippen molar-refractivity contribution in [3.63, 3.8) is 0 Å². The van der Waals surface area contributed by atoms with Crippen LogP contribution in [0.1, 0.15) is 48.1 Å². The van der Waals surface area contributed by atoms with Crippen molar-refractivity contribution in [2.24, 2.45) is 5.92 Å². The maximum Gasteiger partial charge on any atom is 0.309 e. The average Bonchev–Trinajstić information content (AvgIpc) is 3.65. The number of carbonyl (C=O) groups excluding carboxylic acids is 1. The van der Waals surface area contributed by atoms with E-state index in [1.54, 1.807) is 36.4 Å². The molecule has 0 bridgehead atoms. The van der Waals surface area contributed by atoms with E-state index in [9.17, 15) is 23.1 Å². The smallest absolute Gasteiger partial charge is 0.309 e. The first kappa shape index (κ1) is 33.1. The number of nitrogens with zero attached hydrogens (tertiary/aromatic N) is 1. The van der Waals surface area contributed by atoms with Gasteiger partial charge in [0.1, 0.15) is 12.4 Å². The van der Waals surface area contributed by atoms with Crippen LogP contribution in [0.3, 0.4) is 0 Å². The Hall–Kier alpha value is -4.29. The summed E-state index contributed by atoms with van der Waals surface area (Å²) in [6.07, 6.45) is 2.65. The number of methoxy groups -OCH3 is 1. The van der Waals surface area contributed by atoms with E-state index in [0.717, 1.165) is 35.9 Å². The Labute approximate surface area is 269 Å². The van der Waals surface area contributed by atoms with E-state index in [2.05, 4.69) is 5.32 Å². The second-order valence-corrected chi connectivity index (χ2v) is 13.8. The molecule has 246 valence electrons. The Kier molecular flexibility index (Phi) is 10.1. The number of carboxylic acid groups (broad SMARTS) is 1. The van der Waals surface area contributed by atoms with Crippen LogP contribution >= 0.6 is 0 Å². The van der Waals surface area contributed by atoms with Gasteiger partial charge in [-0.25, -0.2) is 8.42 Å². The number of aryl methyl sites for hydroxylation is 2. The number of benzene rings is 3. The summed E-state index contributed by atoms with van der Waals surface area (Å²) >= 11 is 0. The molecule has 1 fully saturated rings. The molecule has 0 aromatic heterocycles. The highest BCUT2D eigenvalue weighted by atomic mass is 32.2. The van der Waals surface area contributed by atoms with Crippen molar-refractivity contribution in [1.82, 2.24) is 4.90 Å². The minimum absolute atomic E-state index is 0.00133. The number of carboxylic acids is 1. The number of aliphatic carboxylic acids is 1. The van der Waals surface area contributed by atoms with Crippen LogP contribution in [0.4, 0.5) is 5.69 Å². The van der Waals surface area contributed by atoms with Crippen LogP contribution in [0, 0.1) is 5.92 Å². The first-order valence-electron chi connectivity index (χ1n) is 15.3. The summed E-state index contributed by atoms with van der Waals surface area (Å²) in [7, 11) is -1.67. The van der Waals surface area contributed by atoms with Crippen molar-refractivity contribution in [3.05, 3.63) is 76.9 Å². The summed E-state index contributed by atoms with van der Waals surface area (Å²) in [5.74, 6) is -0.961. The molecule has 0 spiro atoms. The molecule has 2 heterocycles. The summed E-state index contributed by atoms with van der Waals surface area (Å²) in [6.45, 7) is 4.35. The number of amides is 1. The lowest BCUT2D eigenvalue weighted by Gasteiger charge is -2.27. The number of anilines is 1. The van der Waals surface area contributed by atoms with Crippen molar-refractivity contribution >= 4 is 27.4 Å². The van der Waals surface area contributed by atoms with Crippen LogP contribution in [-0.2, 0) is 32.3 Å². The Bertz CT molecular complexity index is 1670. The number of carbonyl (C=O) groups is 2. The molecular weight excluding hydrogens is 612 g/mol. The number of para-hydroxylation sites is 1. The third kappa shape index (κ3) is 7.23. The second kappa shape index (κ2) is 14.0. The number of nitrogens with one attached hydrogen (secondary N) is 1. The summed E-state index contributed by atoms with van der Waals surface area (Å²) in [6, 6.07) is 15.8. The van der Waals surface area contributed by atoms with Crippen LogP contribution < -0.4 is 24.3 Å². The highest BCUT2D eigenvalue weighted by molar-refractivity contribution is 7.90. The molecule has 0 aliphatic carbocycles. The average molecular weight is 653 g/mol. The molecule has 1 saturated heterocycles. The summed E-state index contributed by atoms with van der Waals surface area (Å²) in [5.41, 5.74) is 4.26.